The normalized spacial score (nSPS) is 27.8. The summed E-state index contributed by atoms with van der Waals surface area (Å²) in [6, 6.07) is 7.76. The summed E-state index contributed by atoms with van der Waals surface area (Å²) < 4.78 is 5.50. The number of hydrogen-bond acceptors (Lipinski definition) is 3. The Bertz CT molecular complexity index is 400. The van der Waals surface area contributed by atoms with Crippen molar-refractivity contribution >= 4 is 6.08 Å². The molecule has 0 heterocycles. The number of fused-ring (bicyclic) bond motifs is 1. The zero-order chi connectivity index (χ0) is 11.6. The molecule has 86 valence electrons. The molecule has 1 aliphatic rings. The van der Waals surface area contributed by atoms with Gasteiger partial charge in [0.25, 0.3) is 0 Å². The lowest BCUT2D eigenvalue weighted by atomic mass is 9.78. The van der Waals surface area contributed by atoms with Crippen LogP contribution in [0.2, 0.25) is 0 Å². The van der Waals surface area contributed by atoms with Crippen LogP contribution >= 0.6 is 0 Å². The predicted molar refractivity (Wildman–Crippen MR) is 61.9 cm³/mol. The molecule has 1 aromatic carbocycles. The van der Waals surface area contributed by atoms with E-state index in [1.54, 1.807) is 13.2 Å². The zero-order valence-corrected chi connectivity index (χ0v) is 9.26. The molecule has 0 fully saturated rings. The molecule has 2 rings (SSSR count). The van der Waals surface area contributed by atoms with Gasteiger partial charge >= 0.3 is 0 Å². The summed E-state index contributed by atoms with van der Waals surface area (Å²) >= 11 is 0. The first-order valence-corrected chi connectivity index (χ1v) is 5.36. The van der Waals surface area contributed by atoms with Crippen LogP contribution in [-0.4, -0.2) is 30.0 Å². The van der Waals surface area contributed by atoms with Gasteiger partial charge in [0.15, 0.2) is 0 Å². The molecular formula is C13H16O3. The first-order valence-electron chi connectivity index (χ1n) is 5.36. The second-order valence-corrected chi connectivity index (χ2v) is 3.96. The molecule has 16 heavy (non-hydrogen) atoms. The highest BCUT2D eigenvalue weighted by Crippen LogP contribution is 2.39. The van der Waals surface area contributed by atoms with E-state index in [1.807, 2.05) is 30.3 Å². The Labute approximate surface area is 95.0 Å². The molecule has 0 saturated carbocycles. The van der Waals surface area contributed by atoms with Crippen LogP contribution in [0.3, 0.4) is 0 Å². The Balaban J connectivity index is 2.54. The molecule has 0 aromatic heterocycles. The fourth-order valence-electron chi connectivity index (χ4n) is 2.32. The Morgan fingerprint density at radius 2 is 2.12 bits per heavy atom. The molecule has 0 bridgehead atoms. The van der Waals surface area contributed by atoms with Crippen LogP contribution in [-0.2, 0) is 10.3 Å². The molecule has 2 unspecified atom stereocenters. The van der Waals surface area contributed by atoms with E-state index in [2.05, 4.69) is 0 Å². The maximum absolute atomic E-state index is 10.1. The molecule has 3 heteroatoms. The van der Waals surface area contributed by atoms with Crippen molar-refractivity contribution in [3.63, 3.8) is 0 Å². The molecule has 1 aromatic rings. The van der Waals surface area contributed by atoms with E-state index in [-0.39, 0.29) is 6.61 Å². The van der Waals surface area contributed by atoms with Crippen LogP contribution in [0.4, 0.5) is 0 Å². The highest BCUT2D eigenvalue weighted by Gasteiger charge is 2.41. The highest BCUT2D eigenvalue weighted by atomic mass is 16.5. The van der Waals surface area contributed by atoms with Crippen molar-refractivity contribution in [3.8, 4) is 0 Å². The van der Waals surface area contributed by atoms with Crippen molar-refractivity contribution in [2.75, 3.05) is 13.7 Å². The molecule has 1 aliphatic carbocycles. The van der Waals surface area contributed by atoms with Gasteiger partial charge in [-0.1, -0.05) is 36.4 Å². The van der Waals surface area contributed by atoms with Crippen molar-refractivity contribution < 1.29 is 14.9 Å². The Morgan fingerprint density at radius 3 is 2.81 bits per heavy atom. The third-order valence-electron chi connectivity index (χ3n) is 3.20. The third kappa shape index (κ3) is 1.57. The van der Waals surface area contributed by atoms with Gasteiger partial charge in [-0.25, -0.2) is 0 Å². The lowest BCUT2D eigenvalue weighted by molar-refractivity contribution is -0.103. The lowest BCUT2D eigenvalue weighted by Crippen LogP contribution is -2.43. The molecular weight excluding hydrogens is 204 g/mol. The smallest absolute Gasteiger partial charge is 0.125 e. The fraction of sp³-hybridized carbons (Fsp3) is 0.385. The highest BCUT2D eigenvalue weighted by molar-refractivity contribution is 5.60. The molecule has 0 spiro atoms. The molecule has 3 nitrogen and oxygen atoms in total. The summed E-state index contributed by atoms with van der Waals surface area (Å²) in [6.07, 6.45) is 3.25. The molecule has 0 radical (unpaired) electrons. The average molecular weight is 220 g/mol. The number of rotatable bonds is 3. The number of aliphatic hydroxyl groups excluding tert-OH is 2. The first kappa shape index (κ1) is 11.3. The minimum atomic E-state index is -0.819. The summed E-state index contributed by atoms with van der Waals surface area (Å²) in [5.41, 5.74) is 1.14. The number of aliphatic hydroxyl groups is 2. The fourth-order valence-corrected chi connectivity index (χ4v) is 2.32. The minimum Gasteiger partial charge on any atom is -0.396 e. The molecule has 0 saturated heterocycles. The van der Waals surface area contributed by atoms with Crippen molar-refractivity contribution in [1.82, 2.24) is 0 Å². The van der Waals surface area contributed by atoms with Gasteiger partial charge in [-0.2, -0.15) is 0 Å². The van der Waals surface area contributed by atoms with Gasteiger partial charge in [0.05, 0.1) is 0 Å². The summed E-state index contributed by atoms with van der Waals surface area (Å²) in [4.78, 5) is 0. The van der Waals surface area contributed by atoms with Crippen molar-refractivity contribution in [2.45, 2.75) is 18.1 Å². The third-order valence-corrected chi connectivity index (χ3v) is 3.20. The Hall–Kier alpha value is -1.16. The first-order chi connectivity index (χ1) is 7.74. The summed E-state index contributed by atoms with van der Waals surface area (Å²) in [5.74, 6) is 0. The summed E-state index contributed by atoms with van der Waals surface area (Å²) in [5, 5.41) is 19.2. The van der Waals surface area contributed by atoms with E-state index >= 15 is 0 Å². The number of hydrogen-bond donors (Lipinski definition) is 2. The van der Waals surface area contributed by atoms with E-state index in [0.29, 0.717) is 6.42 Å². The van der Waals surface area contributed by atoms with Crippen LogP contribution < -0.4 is 0 Å². The van der Waals surface area contributed by atoms with Crippen LogP contribution in [0.5, 0.6) is 0 Å². The van der Waals surface area contributed by atoms with Crippen molar-refractivity contribution in [3.05, 3.63) is 41.5 Å². The Morgan fingerprint density at radius 1 is 1.38 bits per heavy atom. The van der Waals surface area contributed by atoms with Gasteiger partial charge in [-0.3, -0.25) is 0 Å². The van der Waals surface area contributed by atoms with Crippen molar-refractivity contribution in [2.24, 2.45) is 0 Å². The van der Waals surface area contributed by atoms with Crippen LogP contribution in [0.15, 0.2) is 30.3 Å². The maximum Gasteiger partial charge on any atom is 0.125 e. The number of methoxy groups -OCH3 is 1. The van der Waals surface area contributed by atoms with E-state index < -0.39 is 11.7 Å². The SMILES string of the molecule is COC1(CCO)c2ccccc2C=CC1O. The Kier molecular flexibility index (Phi) is 3.10. The quantitative estimate of drug-likeness (QED) is 0.807. The van der Waals surface area contributed by atoms with Gasteiger partial charge in [-0.05, 0) is 11.1 Å². The zero-order valence-electron chi connectivity index (χ0n) is 9.26. The van der Waals surface area contributed by atoms with Crippen molar-refractivity contribution in [1.29, 1.82) is 0 Å². The van der Waals surface area contributed by atoms with Gasteiger partial charge in [0.2, 0.25) is 0 Å². The molecule has 0 aliphatic heterocycles. The van der Waals surface area contributed by atoms with E-state index in [4.69, 9.17) is 9.84 Å². The summed E-state index contributed by atoms with van der Waals surface area (Å²) in [6.45, 7) is -0.0208. The number of benzene rings is 1. The van der Waals surface area contributed by atoms with Gasteiger partial charge in [0, 0.05) is 20.1 Å². The second kappa shape index (κ2) is 4.37. The van der Waals surface area contributed by atoms with Gasteiger partial charge in [0.1, 0.15) is 11.7 Å². The standard InChI is InChI=1S/C13H16O3/c1-16-13(8-9-14)11-5-3-2-4-10(11)6-7-12(13)15/h2-7,12,14-15H,8-9H2,1H3. The largest absolute Gasteiger partial charge is 0.396 e. The number of ether oxygens (including phenoxy) is 1. The monoisotopic (exact) mass is 220 g/mol. The predicted octanol–water partition coefficient (Wildman–Crippen LogP) is 1.30. The van der Waals surface area contributed by atoms with E-state index in [9.17, 15) is 5.11 Å². The molecule has 0 amide bonds. The van der Waals surface area contributed by atoms with E-state index in [1.165, 1.54) is 0 Å². The lowest BCUT2D eigenvalue weighted by Gasteiger charge is -2.39. The van der Waals surface area contributed by atoms with Gasteiger partial charge < -0.3 is 14.9 Å². The van der Waals surface area contributed by atoms with Crippen LogP contribution in [0.1, 0.15) is 17.5 Å². The van der Waals surface area contributed by atoms with E-state index in [0.717, 1.165) is 11.1 Å². The summed E-state index contributed by atoms with van der Waals surface area (Å²) in [7, 11) is 1.56. The molecule has 2 N–H and O–H groups in total. The minimum absolute atomic E-state index is 0.0208. The maximum atomic E-state index is 10.1. The topological polar surface area (TPSA) is 49.7 Å². The second-order valence-electron chi connectivity index (χ2n) is 3.96. The van der Waals surface area contributed by atoms with Crippen LogP contribution in [0.25, 0.3) is 6.08 Å². The van der Waals surface area contributed by atoms with Gasteiger partial charge in [-0.15, -0.1) is 0 Å². The molecule has 2 atom stereocenters. The van der Waals surface area contributed by atoms with Crippen LogP contribution in [0, 0.1) is 0 Å². The average Bonchev–Trinajstić information content (AvgIpc) is 2.33.